The molecule has 2 aromatic carbocycles. The molecule has 1 aliphatic heterocycles. The molecule has 1 N–H and O–H groups in total. The predicted molar refractivity (Wildman–Crippen MR) is 189 cm³/mol. The molecule has 1 atom stereocenters. The summed E-state index contributed by atoms with van der Waals surface area (Å²) in [6.45, 7) is 6.54. The molecule has 0 bridgehead atoms. The Labute approximate surface area is 288 Å². The summed E-state index contributed by atoms with van der Waals surface area (Å²) in [5.41, 5.74) is 1.43. The van der Waals surface area contributed by atoms with Crippen molar-refractivity contribution in [3.8, 4) is 5.75 Å². The van der Waals surface area contributed by atoms with Gasteiger partial charge in [0.05, 0.1) is 12.0 Å². The molecule has 1 aliphatic carbocycles. The van der Waals surface area contributed by atoms with Crippen molar-refractivity contribution < 1.29 is 13.9 Å². The normalized spacial score (nSPS) is 17.7. The van der Waals surface area contributed by atoms with Crippen LogP contribution >= 0.6 is 11.6 Å². The van der Waals surface area contributed by atoms with E-state index in [2.05, 4.69) is 27.2 Å². The average molecular weight is 674 g/mol. The average Bonchev–Trinajstić information content (AvgIpc) is 3.62. The van der Waals surface area contributed by atoms with Gasteiger partial charge in [-0.2, -0.15) is 5.10 Å². The van der Waals surface area contributed by atoms with Gasteiger partial charge in [0.1, 0.15) is 24.0 Å². The van der Waals surface area contributed by atoms with Crippen LogP contribution in [-0.2, 0) is 13.0 Å². The van der Waals surface area contributed by atoms with Gasteiger partial charge in [-0.05, 0) is 105 Å². The van der Waals surface area contributed by atoms with Crippen molar-refractivity contribution in [3.05, 3.63) is 87.8 Å². The fourth-order valence-corrected chi connectivity index (χ4v) is 7.79. The number of unbranched alkanes of at least 4 members (excludes halogenated alkanes) is 1. The van der Waals surface area contributed by atoms with Crippen LogP contribution < -0.4 is 15.5 Å². The number of ether oxygens (including phenoxy) is 1. The lowest BCUT2D eigenvalue weighted by atomic mass is 9.63. The Bertz CT molecular complexity index is 1680. The van der Waals surface area contributed by atoms with E-state index in [0.29, 0.717) is 34.8 Å². The van der Waals surface area contributed by atoms with Crippen LogP contribution in [0.4, 0.5) is 0 Å². The number of carbonyl (C=O) groups is 1. The lowest BCUT2D eigenvalue weighted by Gasteiger charge is -2.48. The van der Waals surface area contributed by atoms with E-state index in [-0.39, 0.29) is 28.6 Å². The molecule has 48 heavy (non-hydrogen) atoms. The lowest BCUT2D eigenvalue weighted by molar-refractivity contribution is 0.0104. The number of amides is 1. The van der Waals surface area contributed by atoms with E-state index in [1.807, 2.05) is 35.3 Å². The first-order valence-electron chi connectivity index (χ1n) is 17.7. The fourth-order valence-electron chi connectivity index (χ4n) is 7.67. The molecule has 0 radical (unpaired) electrons. The van der Waals surface area contributed by atoms with Crippen molar-refractivity contribution in [3.63, 3.8) is 0 Å². The van der Waals surface area contributed by atoms with E-state index in [1.165, 1.54) is 38.2 Å². The van der Waals surface area contributed by atoms with Crippen molar-refractivity contribution >= 4 is 28.5 Å². The van der Waals surface area contributed by atoms with Gasteiger partial charge in [-0.1, -0.05) is 56.3 Å². The molecule has 1 saturated carbocycles. The van der Waals surface area contributed by atoms with Crippen LogP contribution in [0, 0.1) is 11.3 Å². The first-order chi connectivity index (χ1) is 23.4. The smallest absolute Gasteiger partial charge is 0.287 e. The summed E-state index contributed by atoms with van der Waals surface area (Å²) < 4.78 is 13.8. The highest BCUT2D eigenvalue weighted by Gasteiger charge is 2.42. The standard InChI is InChI=1S/C38H48ClN5O4/c1-2-3-21-47-32-13-14-35-33(23-32)34(45)24-36(48-35)37(46)42-31(22-28-9-11-30(39)12-10-28)15-18-43-19-16-38(17-20-43,25-44-27-40-26-41-44)29-7-5-4-6-8-29/h9-14,23-24,26-27,29,31H,2-8,15-22,25H2,1H3,(H,42,46)/t31-/m1/s1. The number of benzene rings is 2. The predicted octanol–water partition coefficient (Wildman–Crippen LogP) is 7.31. The zero-order chi connectivity index (χ0) is 33.3. The minimum Gasteiger partial charge on any atom is -0.494 e. The second-order valence-corrected chi connectivity index (χ2v) is 14.2. The SMILES string of the molecule is CCCCOc1ccc2oc(C(=O)N[C@H](CCN3CCC(Cn4cncn4)(C4CCCCC4)CC3)Cc3ccc(Cl)cc3)cc(=O)c2c1. The van der Waals surface area contributed by atoms with Crippen LogP contribution in [0.25, 0.3) is 11.0 Å². The third-order valence-corrected chi connectivity index (χ3v) is 10.7. The maximum absolute atomic E-state index is 13.6. The van der Waals surface area contributed by atoms with Gasteiger partial charge < -0.3 is 19.4 Å². The zero-order valence-electron chi connectivity index (χ0n) is 28.0. The number of hydrogen-bond donors (Lipinski definition) is 1. The molecule has 3 heterocycles. The molecule has 10 heteroatoms. The van der Waals surface area contributed by atoms with Gasteiger partial charge in [0.15, 0.2) is 11.2 Å². The maximum Gasteiger partial charge on any atom is 0.287 e. The Morgan fingerprint density at radius 1 is 1.10 bits per heavy atom. The summed E-state index contributed by atoms with van der Waals surface area (Å²) >= 11 is 6.17. The van der Waals surface area contributed by atoms with Crippen LogP contribution in [0.1, 0.15) is 87.3 Å². The molecule has 2 fully saturated rings. The van der Waals surface area contributed by atoms with Crippen molar-refractivity contribution in [1.29, 1.82) is 0 Å². The Kier molecular flexibility index (Phi) is 11.5. The van der Waals surface area contributed by atoms with Crippen LogP contribution in [0.2, 0.25) is 5.02 Å². The molecule has 2 aliphatic rings. The summed E-state index contributed by atoms with van der Waals surface area (Å²) in [5, 5.41) is 8.75. The molecule has 9 nitrogen and oxygen atoms in total. The minimum atomic E-state index is -0.390. The first kappa shape index (κ1) is 34.2. The second-order valence-electron chi connectivity index (χ2n) is 13.8. The zero-order valence-corrected chi connectivity index (χ0v) is 28.8. The molecule has 0 unspecified atom stereocenters. The third kappa shape index (κ3) is 8.66. The number of carbonyl (C=O) groups excluding carboxylic acids is 1. The molecule has 1 saturated heterocycles. The number of nitrogens with zero attached hydrogens (tertiary/aromatic N) is 4. The molecule has 2 aromatic heterocycles. The number of likely N-dealkylation sites (tertiary alicyclic amines) is 1. The number of halogens is 1. The van der Waals surface area contributed by atoms with Crippen molar-refractivity contribution in [1.82, 2.24) is 25.0 Å². The van der Waals surface area contributed by atoms with Crippen LogP contribution in [0.5, 0.6) is 5.75 Å². The number of piperidine rings is 1. The quantitative estimate of drug-likeness (QED) is 0.140. The summed E-state index contributed by atoms with van der Waals surface area (Å²) in [6.07, 6.45) is 15.8. The van der Waals surface area contributed by atoms with Crippen molar-refractivity contribution in [2.24, 2.45) is 11.3 Å². The molecule has 4 aromatic rings. The van der Waals surface area contributed by atoms with Crippen LogP contribution in [0.3, 0.4) is 0 Å². The van der Waals surface area contributed by atoms with Gasteiger partial charge in [0, 0.05) is 30.2 Å². The molecule has 6 rings (SSSR count). The Morgan fingerprint density at radius 3 is 2.62 bits per heavy atom. The van der Waals surface area contributed by atoms with Gasteiger partial charge in [-0.25, -0.2) is 4.98 Å². The molecule has 256 valence electrons. The molecule has 1 amide bonds. The van der Waals surface area contributed by atoms with Gasteiger partial charge in [-0.3, -0.25) is 14.3 Å². The van der Waals surface area contributed by atoms with E-state index in [0.717, 1.165) is 69.8 Å². The topological polar surface area (TPSA) is 102 Å². The highest BCUT2D eigenvalue weighted by molar-refractivity contribution is 6.30. The van der Waals surface area contributed by atoms with E-state index in [9.17, 15) is 9.59 Å². The number of fused-ring (bicyclic) bond motifs is 1. The van der Waals surface area contributed by atoms with Gasteiger partial charge in [-0.15, -0.1) is 0 Å². The monoisotopic (exact) mass is 673 g/mol. The van der Waals surface area contributed by atoms with Crippen LogP contribution in [0.15, 0.2) is 70.4 Å². The molecule has 0 spiro atoms. The second kappa shape index (κ2) is 16.1. The highest BCUT2D eigenvalue weighted by atomic mass is 35.5. The lowest BCUT2D eigenvalue weighted by Crippen LogP contribution is -2.48. The van der Waals surface area contributed by atoms with Crippen molar-refractivity contribution in [2.45, 2.75) is 90.1 Å². The number of aromatic nitrogens is 3. The number of hydrogen-bond acceptors (Lipinski definition) is 7. The fraction of sp³-hybridized carbons (Fsp3) is 0.526. The van der Waals surface area contributed by atoms with Crippen molar-refractivity contribution in [2.75, 3.05) is 26.2 Å². The summed E-state index contributed by atoms with van der Waals surface area (Å²) in [5.74, 6) is 0.970. The van der Waals surface area contributed by atoms with E-state index in [4.69, 9.17) is 20.8 Å². The Morgan fingerprint density at radius 2 is 1.90 bits per heavy atom. The Hall–Kier alpha value is -3.69. The third-order valence-electron chi connectivity index (χ3n) is 10.5. The van der Waals surface area contributed by atoms with E-state index in [1.54, 1.807) is 24.5 Å². The van der Waals surface area contributed by atoms with Crippen LogP contribution in [-0.4, -0.2) is 57.9 Å². The number of rotatable bonds is 14. The van der Waals surface area contributed by atoms with E-state index < -0.39 is 0 Å². The number of nitrogens with one attached hydrogen (secondary N) is 1. The summed E-state index contributed by atoms with van der Waals surface area (Å²) in [4.78, 5) is 33.4. The molecular formula is C38H48ClN5O4. The van der Waals surface area contributed by atoms with Gasteiger partial charge in [0.25, 0.3) is 5.91 Å². The summed E-state index contributed by atoms with van der Waals surface area (Å²) in [7, 11) is 0. The minimum absolute atomic E-state index is 0.0107. The van der Waals surface area contributed by atoms with Gasteiger partial charge in [0.2, 0.25) is 0 Å². The highest BCUT2D eigenvalue weighted by Crippen LogP contribution is 2.47. The largest absolute Gasteiger partial charge is 0.494 e. The maximum atomic E-state index is 13.6. The first-order valence-corrected chi connectivity index (χ1v) is 18.1. The van der Waals surface area contributed by atoms with E-state index >= 15 is 0 Å². The Balaban J connectivity index is 1.12. The molecular weight excluding hydrogens is 626 g/mol. The summed E-state index contributed by atoms with van der Waals surface area (Å²) in [6, 6.07) is 14.1. The van der Waals surface area contributed by atoms with Gasteiger partial charge >= 0.3 is 0 Å².